The zero-order valence-corrected chi connectivity index (χ0v) is 10.2. The standard InChI is InChI=1S/C14H10O3S/c15-10-11-4-1-2-6-13(11)17-14(16)8-7-12-5-3-9-18-12/h1-10H/b8-7+. The predicted molar refractivity (Wildman–Crippen MR) is 70.8 cm³/mol. The highest BCUT2D eigenvalue weighted by atomic mass is 32.1. The molecule has 4 heteroatoms. The monoisotopic (exact) mass is 258 g/mol. The van der Waals surface area contributed by atoms with Crippen molar-refractivity contribution in [1.29, 1.82) is 0 Å². The van der Waals surface area contributed by atoms with Crippen LogP contribution in [0.2, 0.25) is 0 Å². The van der Waals surface area contributed by atoms with Gasteiger partial charge < -0.3 is 4.74 Å². The van der Waals surface area contributed by atoms with E-state index in [0.717, 1.165) is 4.88 Å². The largest absolute Gasteiger partial charge is 0.423 e. The number of carbonyl (C=O) groups is 2. The number of rotatable bonds is 4. The number of hydrogen-bond donors (Lipinski definition) is 0. The third-order valence-electron chi connectivity index (χ3n) is 2.18. The number of carbonyl (C=O) groups excluding carboxylic acids is 2. The Kier molecular flexibility index (Phi) is 4.04. The van der Waals surface area contributed by atoms with Gasteiger partial charge in [0.25, 0.3) is 0 Å². The molecule has 0 N–H and O–H groups in total. The summed E-state index contributed by atoms with van der Waals surface area (Å²) in [5, 5.41) is 1.92. The molecule has 0 radical (unpaired) electrons. The average molecular weight is 258 g/mol. The first-order chi connectivity index (χ1) is 8.79. The van der Waals surface area contributed by atoms with Gasteiger partial charge >= 0.3 is 5.97 Å². The first-order valence-corrected chi connectivity index (χ1v) is 6.15. The summed E-state index contributed by atoms with van der Waals surface area (Å²) in [6, 6.07) is 10.4. The topological polar surface area (TPSA) is 43.4 Å². The maximum absolute atomic E-state index is 11.6. The zero-order chi connectivity index (χ0) is 12.8. The lowest BCUT2D eigenvalue weighted by atomic mass is 10.2. The van der Waals surface area contributed by atoms with Gasteiger partial charge in [0, 0.05) is 11.0 Å². The number of benzene rings is 1. The van der Waals surface area contributed by atoms with Crippen molar-refractivity contribution in [3.05, 3.63) is 58.3 Å². The molecule has 0 saturated carbocycles. The second kappa shape index (κ2) is 5.93. The number of esters is 1. The van der Waals surface area contributed by atoms with Gasteiger partial charge in [-0.2, -0.15) is 0 Å². The summed E-state index contributed by atoms with van der Waals surface area (Å²) in [4.78, 5) is 23.3. The van der Waals surface area contributed by atoms with Crippen LogP contribution in [0.5, 0.6) is 5.75 Å². The molecule has 0 aliphatic rings. The normalized spacial score (nSPS) is 10.4. The number of ether oxygens (including phenoxy) is 1. The molecular weight excluding hydrogens is 248 g/mol. The SMILES string of the molecule is O=Cc1ccccc1OC(=O)/C=C/c1cccs1. The van der Waals surface area contributed by atoms with Crippen molar-refractivity contribution in [2.75, 3.05) is 0 Å². The van der Waals surface area contributed by atoms with Gasteiger partial charge in [-0.1, -0.05) is 18.2 Å². The number of hydrogen-bond acceptors (Lipinski definition) is 4. The molecule has 0 atom stereocenters. The van der Waals surface area contributed by atoms with Crippen LogP contribution < -0.4 is 4.74 Å². The van der Waals surface area contributed by atoms with Crippen LogP contribution in [0.25, 0.3) is 6.08 Å². The van der Waals surface area contributed by atoms with E-state index in [9.17, 15) is 9.59 Å². The molecule has 2 aromatic rings. The van der Waals surface area contributed by atoms with Crippen LogP contribution >= 0.6 is 11.3 Å². The number of para-hydroxylation sites is 1. The highest BCUT2D eigenvalue weighted by Gasteiger charge is 2.05. The first-order valence-electron chi connectivity index (χ1n) is 5.27. The summed E-state index contributed by atoms with van der Waals surface area (Å²) in [5.41, 5.74) is 0.357. The molecule has 0 aliphatic heterocycles. The van der Waals surface area contributed by atoms with E-state index in [1.165, 1.54) is 17.4 Å². The Morgan fingerprint density at radius 2 is 2.00 bits per heavy atom. The van der Waals surface area contributed by atoms with Gasteiger partial charge in [0.1, 0.15) is 5.75 Å². The van der Waals surface area contributed by atoms with Crippen LogP contribution in [0.4, 0.5) is 0 Å². The van der Waals surface area contributed by atoms with Crippen LogP contribution in [0.3, 0.4) is 0 Å². The Hall–Kier alpha value is -2.20. The molecule has 3 nitrogen and oxygen atoms in total. The van der Waals surface area contributed by atoms with Crippen molar-refractivity contribution >= 4 is 29.7 Å². The molecule has 1 aromatic carbocycles. The van der Waals surface area contributed by atoms with Gasteiger partial charge in [0.15, 0.2) is 6.29 Å². The fourth-order valence-corrected chi connectivity index (χ4v) is 1.97. The van der Waals surface area contributed by atoms with Crippen LogP contribution in [0.15, 0.2) is 47.9 Å². The maximum atomic E-state index is 11.6. The lowest BCUT2D eigenvalue weighted by Crippen LogP contribution is -2.05. The summed E-state index contributed by atoms with van der Waals surface area (Å²) in [5.74, 6) is -0.231. The average Bonchev–Trinajstić information content (AvgIpc) is 2.90. The van der Waals surface area contributed by atoms with E-state index in [0.29, 0.717) is 11.8 Å². The molecule has 0 unspecified atom stereocenters. The third-order valence-corrected chi connectivity index (χ3v) is 3.02. The minimum absolute atomic E-state index is 0.272. The lowest BCUT2D eigenvalue weighted by molar-refractivity contribution is -0.128. The van der Waals surface area contributed by atoms with Crippen LogP contribution in [0, 0.1) is 0 Å². The molecule has 0 spiro atoms. The fourth-order valence-electron chi connectivity index (χ4n) is 1.35. The maximum Gasteiger partial charge on any atom is 0.336 e. The highest BCUT2D eigenvalue weighted by Crippen LogP contribution is 2.16. The van der Waals surface area contributed by atoms with E-state index in [-0.39, 0.29) is 5.75 Å². The van der Waals surface area contributed by atoms with Crippen molar-refractivity contribution in [2.24, 2.45) is 0 Å². The van der Waals surface area contributed by atoms with Crippen molar-refractivity contribution < 1.29 is 14.3 Å². The van der Waals surface area contributed by atoms with Gasteiger partial charge in [-0.3, -0.25) is 4.79 Å². The number of thiophene rings is 1. The van der Waals surface area contributed by atoms with E-state index in [4.69, 9.17) is 4.74 Å². The van der Waals surface area contributed by atoms with Crippen molar-refractivity contribution in [3.63, 3.8) is 0 Å². The Balaban J connectivity index is 2.05. The van der Waals surface area contributed by atoms with Crippen LogP contribution in [-0.4, -0.2) is 12.3 Å². The molecule has 0 amide bonds. The van der Waals surface area contributed by atoms with Gasteiger partial charge in [0.05, 0.1) is 5.56 Å². The molecule has 1 heterocycles. The van der Waals surface area contributed by atoms with E-state index in [2.05, 4.69) is 0 Å². The molecule has 0 saturated heterocycles. The van der Waals surface area contributed by atoms with E-state index in [1.807, 2.05) is 17.5 Å². The lowest BCUT2D eigenvalue weighted by Gasteiger charge is -2.02. The van der Waals surface area contributed by atoms with E-state index < -0.39 is 5.97 Å². The fraction of sp³-hybridized carbons (Fsp3) is 0. The van der Waals surface area contributed by atoms with E-state index >= 15 is 0 Å². The van der Waals surface area contributed by atoms with Crippen LogP contribution in [0.1, 0.15) is 15.2 Å². The first kappa shape index (κ1) is 12.3. The second-order valence-electron chi connectivity index (χ2n) is 3.43. The third kappa shape index (κ3) is 3.15. The molecule has 90 valence electrons. The Labute approximate surface area is 108 Å². The Bertz CT molecular complexity index is 570. The number of aldehydes is 1. The Morgan fingerprint density at radius 3 is 2.72 bits per heavy atom. The van der Waals surface area contributed by atoms with Gasteiger partial charge in [0.2, 0.25) is 0 Å². The minimum Gasteiger partial charge on any atom is -0.423 e. The summed E-state index contributed by atoms with van der Waals surface area (Å²) in [6.45, 7) is 0. The molecular formula is C14H10O3S. The van der Waals surface area contributed by atoms with Crippen LogP contribution in [-0.2, 0) is 4.79 Å². The second-order valence-corrected chi connectivity index (χ2v) is 4.40. The summed E-state index contributed by atoms with van der Waals surface area (Å²) < 4.78 is 5.08. The quantitative estimate of drug-likeness (QED) is 0.366. The molecule has 2 rings (SSSR count). The Morgan fingerprint density at radius 1 is 1.17 bits per heavy atom. The van der Waals surface area contributed by atoms with Gasteiger partial charge in [-0.25, -0.2) is 4.79 Å². The predicted octanol–water partition coefficient (Wildman–Crippen LogP) is 3.18. The molecule has 18 heavy (non-hydrogen) atoms. The minimum atomic E-state index is -0.502. The smallest absolute Gasteiger partial charge is 0.336 e. The highest BCUT2D eigenvalue weighted by molar-refractivity contribution is 7.10. The molecule has 0 aliphatic carbocycles. The van der Waals surface area contributed by atoms with Crippen molar-refractivity contribution in [3.8, 4) is 5.75 Å². The van der Waals surface area contributed by atoms with E-state index in [1.54, 1.807) is 30.3 Å². The van der Waals surface area contributed by atoms with Gasteiger partial charge in [-0.05, 0) is 29.7 Å². The summed E-state index contributed by atoms with van der Waals surface area (Å²) in [7, 11) is 0. The van der Waals surface area contributed by atoms with Crippen molar-refractivity contribution in [1.82, 2.24) is 0 Å². The molecule has 0 fully saturated rings. The summed E-state index contributed by atoms with van der Waals surface area (Å²) >= 11 is 1.53. The summed E-state index contributed by atoms with van der Waals surface area (Å²) in [6.07, 6.45) is 3.68. The zero-order valence-electron chi connectivity index (χ0n) is 9.41. The molecule has 0 bridgehead atoms. The van der Waals surface area contributed by atoms with Crippen molar-refractivity contribution in [2.45, 2.75) is 0 Å². The molecule has 1 aromatic heterocycles. The van der Waals surface area contributed by atoms with Gasteiger partial charge in [-0.15, -0.1) is 11.3 Å².